The maximum Gasteiger partial charge on any atom is 0.328 e. The Labute approximate surface area is 117 Å². The number of hydrogen-bond acceptors (Lipinski definition) is 3. The smallest absolute Gasteiger partial charge is 0.328 e. The largest absolute Gasteiger partial charge is 0.478 e. The van der Waals surface area contributed by atoms with Gasteiger partial charge in [0.15, 0.2) is 0 Å². The lowest BCUT2D eigenvalue weighted by Gasteiger charge is -2.28. The summed E-state index contributed by atoms with van der Waals surface area (Å²) in [5, 5.41) is 11.7. The Balaban J connectivity index is 0.00000180. The molecule has 19 heavy (non-hydrogen) atoms. The maximum atomic E-state index is 11.8. The summed E-state index contributed by atoms with van der Waals surface area (Å²) in [5.41, 5.74) is 1.48. The van der Waals surface area contributed by atoms with Gasteiger partial charge in [-0.25, -0.2) is 4.79 Å². The number of anilines is 1. The number of nitrogens with one attached hydrogen (secondary N) is 1. The van der Waals surface area contributed by atoms with Crippen LogP contribution in [0.3, 0.4) is 0 Å². The number of nitrogens with zero attached hydrogens (tertiary/aromatic N) is 1. The highest BCUT2D eigenvalue weighted by Crippen LogP contribution is 2.22. The third-order valence-electron chi connectivity index (χ3n) is 2.72. The summed E-state index contributed by atoms with van der Waals surface area (Å²) >= 11 is 0. The van der Waals surface area contributed by atoms with Crippen molar-refractivity contribution in [3.8, 4) is 0 Å². The minimum absolute atomic E-state index is 0. The zero-order valence-corrected chi connectivity index (χ0v) is 11.0. The van der Waals surface area contributed by atoms with Crippen LogP contribution >= 0.6 is 12.4 Å². The molecule has 1 saturated heterocycles. The summed E-state index contributed by atoms with van der Waals surface area (Å²) in [6, 6.07) is 7.27. The van der Waals surface area contributed by atoms with Gasteiger partial charge in [0.05, 0.1) is 12.2 Å². The molecule has 6 heteroatoms. The first kappa shape index (κ1) is 15.2. The van der Waals surface area contributed by atoms with Crippen molar-refractivity contribution < 1.29 is 14.7 Å². The van der Waals surface area contributed by atoms with Crippen LogP contribution in [0.5, 0.6) is 0 Å². The second-order valence-corrected chi connectivity index (χ2v) is 3.95. The lowest BCUT2D eigenvalue weighted by atomic mass is 10.1. The molecule has 0 bridgehead atoms. The summed E-state index contributed by atoms with van der Waals surface area (Å²) in [5.74, 6) is -1.01. The van der Waals surface area contributed by atoms with E-state index in [-0.39, 0.29) is 18.3 Å². The Bertz CT molecular complexity index is 502. The Morgan fingerprint density at radius 2 is 2.11 bits per heavy atom. The van der Waals surface area contributed by atoms with Crippen LogP contribution in [0.1, 0.15) is 5.56 Å². The van der Waals surface area contributed by atoms with E-state index in [2.05, 4.69) is 5.32 Å². The van der Waals surface area contributed by atoms with E-state index >= 15 is 0 Å². The predicted molar refractivity (Wildman–Crippen MR) is 75.6 cm³/mol. The van der Waals surface area contributed by atoms with Crippen molar-refractivity contribution in [2.45, 2.75) is 0 Å². The fourth-order valence-electron chi connectivity index (χ4n) is 1.90. The van der Waals surface area contributed by atoms with E-state index in [9.17, 15) is 9.59 Å². The van der Waals surface area contributed by atoms with Crippen LogP contribution in [0.4, 0.5) is 5.69 Å². The van der Waals surface area contributed by atoms with Gasteiger partial charge in [0, 0.05) is 19.2 Å². The van der Waals surface area contributed by atoms with Crippen molar-refractivity contribution in [2.75, 3.05) is 24.5 Å². The Kier molecular flexibility index (Phi) is 5.54. The minimum atomic E-state index is -1.00. The zero-order valence-electron chi connectivity index (χ0n) is 10.2. The molecule has 1 amide bonds. The van der Waals surface area contributed by atoms with E-state index in [0.29, 0.717) is 13.1 Å². The molecule has 5 nitrogen and oxygen atoms in total. The number of carbonyl (C=O) groups excluding carboxylic acids is 1. The van der Waals surface area contributed by atoms with Crippen LogP contribution in [0.15, 0.2) is 30.3 Å². The molecule has 1 fully saturated rings. The summed E-state index contributed by atoms with van der Waals surface area (Å²) in [4.78, 5) is 24.0. The number of aliphatic carboxylic acids is 1. The number of carboxylic acids is 1. The van der Waals surface area contributed by atoms with Gasteiger partial charge in [0.1, 0.15) is 0 Å². The molecular weight excluding hydrogens is 268 g/mol. The van der Waals surface area contributed by atoms with Gasteiger partial charge in [-0.3, -0.25) is 4.79 Å². The van der Waals surface area contributed by atoms with Crippen LogP contribution < -0.4 is 10.2 Å². The average molecular weight is 283 g/mol. The average Bonchev–Trinajstić information content (AvgIpc) is 2.37. The second-order valence-electron chi connectivity index (χ2n) is 3.95. The number of carboxylic acid groups (broad SMARTS) is 1. The quantitative estimate of drug-likeness (QED) is 0.816. The van der Waals surface area contributed by atoms with E-state index in [4.69, 9.17) is 5.11 Å². The number of carbonyl (C=O) groups is 2. The van der Waals surface area contributed by atoms with E-state index in [1.54, 1.807) is 11.0 Å². The van der Waals surface area contributed by atoms with Gasteiger partial charge in [-0.15, -0.1) is 12.4 Å². The number of amides is 1. The van der Waals surface area contributed by atoms with Crippen LogP contribution in [0.2, 0.25) is 0 Å². The molecule has 0 saturated carbocycles. The van der Waals surface area contributed by atoms with Crippen LogP contribution in [-0.4, -0.2) is 36.6 Å². The standard InChI is InChI=1S/C13H14N2O3.ClH/c16-12-9-14-7-8-15(12)11-4-2-1-3-10(11)5-6-13(17)18;/h1-6,14H,7-9H2,(H,17,18);1H/b6-5+;. The fraction of sp³-hybridized carbons (Fsp3) is 0.231. The number of piperazine rings is 1. The van der Waals surface area contributed by atoms with Gasteiger partial charge in [0.2, 0.25) is 5.91 Å². The highest BCUT2D eigenvalue weighted by Gasteiger charge is 2.20. The third-order valence-corrected chi connectivity index (χ3v) is 2.72. The van der Waals surface area contributed by atoms with Crippen molar-refractivity contribution in [3.05, 3.63) is 35.9 Å². The van der Waals surface area contributed by atoms with Crippen molar-refractivity contribution in [1.82, 2.24) is 5.32 Å². The highest BCUT2D eigenvalue weighted by molar-refractivity contribution is 5.98. The van der Waals surface area contributed by atoms with Crippen molar-refractivity contribution >= 4 is 36.0 Å². The van der Waals surface area contributed by atoms with Gasteiger partial charge in [-0.2, -0.15) is 0 Å². The van der Waals surface area contributed by atoms with Crippen molar-refractivity contribution in [1.29, 1.82) is 0 Å². The van der Waals surface area contributed by atoms with Gasteiger partial charge in [-0.05, 0) is 17.7 Å². The number of hydrogen-bond donors (Lipinski definition) is 2. The molecule has 0 aliphatic carbocycles. The summed E-state index contributed by atoms with van der Waals surface area (Å²) in [7, 11) is 0. The van der Waals surface area contributed by atoms with Gasteiger partial charge < -0.3 is 15.3 Å². The van der Waals surface area contributed by atoms with E-state index in [0.717, 1.165) is 23.9 Å². The van der Waals surface area contributed by atoms with Crippen LogP contribution in [0.25, 0.3) is 6.08 Å². The third kappa shape index (κ3) is 3.81. The summed E-state index contributed by atoms with van der Waals surface area (Å²) in [6.45, 7) is 1.65. The molecule has 0 unspecified atom stereocenters. The molecule has 0 radical (unpaired) electrons. The van der Waals surface area contributed by atoms with Crippen molar-refractivity contribution in [3.63, 3.8) is 0 Å². The fourth-order valence-corrected chi connectivity index (χ4v) is 1.90. The topological polar surface area (TPSA) is 69.6 Å². The molecule has 2 rings (SSSR count). The molecule has 2 N–H and O–H groups in total. The maximum absolute atomic E-state index is 11.8. The van der Waals surface area contributed by atoms with Gasteiger partial charge in [0.25, 0.3) is 0 Å². The minimum Gasteiger partial charge on any atom is -0.478 e. The first-order chi connectivity index (χ1) is 8.68. The monoisotopic (exact) mass is 282 g/mol. The first-order valence-electron chi connectivity index (χ1n) is 5.69. The molecule has 102 valence electrons. The second kappa shape index (κ2) is 6.92. The Morgan fingerprint density at radius 1 is 1.37 bits per heavy atom. The molecular formula is C13H15ClN2O3. The predicted octanol–water partition coefficient (Wildman–Crippen LogP) is 1.14. The number of benzene rings is 1. The lowest BCUT2D eigenvalue weighted by Crippen LogP contribution is -2.48. The van der Waals surface area contributed by atoms with Crippen LogP contribution in [-0.2, 0) is 9.59 Å². The van der Waals surface area contributed by atoms with Gasteiger partial charge >= 0.3 is 5.97 Å². The van der Waals surface area contributed by atoms with Crippen molar-refractivity contribution in [2.24, 2.45) is 0 Å². The van der Waals surface area contributed by atoms with E-state index < -0.39 is 5.97 Å². The first-order valence-corrected chi connectivity index (χ1v) is 5.69. The molecule has 1 aliphatic rings. The zero-order chi connectivity index (χ0) is 13.0. The molecule has 1 aliphatic heterocycles. The Hall–Kier alpha value is -1.85. The van der Waals surface area contributed by atoms with E-state index in [1.165, 1.54) is 6.08 Å². The van der Waals surface area contributed by atoms with E-state index in [1.807, 2.05) is 18.2 Å². The molecule has 1 aromatic carbocycles. The van der Waals surface area contributed by atoms with Crippen LogP contribution in [0, 0.1) is 0 Å². The number of rotatable bonds is 3. The molecule has 0 spiro atoms. The molecule has 0 atom stereocenters. The molecule has 0 aromatic heterocycles. The normalized spacial score (nSPS) is 15.4. The Morgan fingerprint density at radius 3 is 2.79 bits per heavy atom. The highest BCUT2D eigenvalue weighted by atomic mass is 35.5. The lowest BCUT2D eigenvalue weighted by molar-refractivity contribution is -0.131. The molecule has 1 aromatic rings. The number of halogens is 1. The number of para-hydroxylation sites is 1. The molecule has 1 heterocycles. The van der Waals surface area contributed by atoms with Gasteiger partial charge in [-0.1, -0.05) is 18.2 Å². The summed E-state index contributed by atoms with van der Waals surface area (Å²) < 4.78 is 0. The summed E-state index contributed by atoms with van der Waals surface area (Å²) in [6.07, 6.45) is 2.58. The SMILES string of the molecule is Cl.O=C(O)/C=C/c1ccccc1N1CCNCC1=O.